The van der Waals surface area contributed by atoms with Crippen molar-refractivity contribution in [2.45, 2.75) is 69.2 Å². The van der Waals surface area contributed by atoms with Crippen molar-refractivity contribution in [3.05, 3.63) is 69.7 Å². The number of hydrogen-bond donors (Lipinski definition) is 1. The molecular weight excluding hydrogens is 607 g/mol. The molecule has 0 aromatic heterocycles. The summed E-state index contributed by atoms with van der Waals surface area (Å²) in [7, 11) is 2.02. The fraction of sp³-hybridized carbons (Fsp3) is 0.562. The molecule has 1 aliphatic carbocycles. The van der Waals surface area contributed by atoms with Crippen LogP contribution >= 0.6 is 23.2 Å². The molecule has 2 fully saturated rings. The molecule has 11 heteroatoms. The molecule has 2 amide bonds. The molecule has 236 valence electrons. The van der Waals surface area contributed by atoms with Crippen LogP contribution in [-0.2, 0) is 19.6 Å². The molecule has 8 nitrogen and oxygen atoms in total. The third kappa shape index (κ3) is 7.92. The van der Waals surface area contributed by atoms with E-state index in [0.717, 1.165) is 11.1 Å². The first-order valence-electron chi connectivity index (χ1n) is 15.0. The number of nitrogens with one attached hydrogen (secondary N) is 1. The van der Waals surface area contributed by atoms with Gasteiger partial charge in [0.05, 0.1) is 16.7 Å². The molecule has 1 heterocycles. The Morgan fingerprint density at radius 3 is 2.33 bits per heavy atom. The molecule has 1 saturated heterocycles. The highest BCUT2D eigenvalue weighted by atomic mass is 35.5. The van der Waals surface area contributed by atoms with E-state index in [9.17, 15) is 18.0 Å². The van der Waals surface area contributed by atoms with E-state index in [-0.39, 0.29) is 35.9 Å². The molecule has 2 aliphatic rings. The summed E-state index contributed by atoms with van der Waals surface area (Å²) in [5.74, 6) is -0.553. The molecule has 0 radical (unpaired) electrons. The van der Waals surface area contributed by atoms with Crippen molar-refractivity contribution in [3.63, 3.8) is 0 Å². The highest BCUT2D eigenvalue weighted by Gasteiger charge is 2.52. The fourth-order valence-corrected chi connectivity index (χ4v) is 8.16. The van der Waals surface area contributed by atoms with Gasteiger partial charge in [0.2, 0.25) is 21.8 Å². The number of hydrogen-bond acceptors (Lipinski definition) is 5. The van der Waals surface area contributed by atoms with Gasteiger partial charge in [-0.3, -0.25) is 9.59 Å². The normalized spacial score (nSPS) is 23.6. The number of sulfonamides is 1. The number of carbonyl (C=O) groups excluding carboxylic acids is 2. The van der Waals surface area contributed by atoms with Crippen LogP contribution in [0.25, 0.3) is 0 Å². The standard InChI is InChI=1S/C32H44Cl2N4O4S/c1-6-26(21-37(5)43(41,42)27-14-15-27)38-30(22-10-12-24(33)13-11-22)28(23-8-7-9-25(34)18-23)19-32(2,31(38)40)20-29(39)35-16-17-36(3)4/h7-13,18,26-28,30H,6,14-17,19-21H2,1-5H3,(H,35,39)/t26?,28-,30-,32-/m1/s1. The van der Waals surface area contributed by atoms with Gasteiger partial charge in [0.15, 0.2) is 0 Å². The Bertz CT molecular complexity index is 1400. The number of likely N-dealkylation sites (N-methyl/N-ethyl adjacent to an activating group) is 2. The van der Waals surface area contributed by atoms with Crippen LogP contribution in [0.1, 0.15) is 69.0 Å². The smallest absolute Gasteiger partial charge is 0.229 e. The number of benzene rings is 2. The lowest BCUT2D eigenvalue weighted by atomic mass is 9.67. The molecule has 2 aromatic rings. The maximum atomic E-state index is 14.8. The van der Waals surface area contributed by atoms with Crippen LogP contribution in [0, 0.1) is 5.41 Å². The second-order valence-electron chi connectivity index (χ2n) is 12.6. The molecule has 0 bridgehead atoms. The number of piperidine rings is 1. The predicted octanol–water partition coefficient (Wildman–Crippen LogP) is 5.33. The summed E-state index contributed by atoms with van der Waals surface area (Å²) in [6.07, 6.45) is 2.30. The van der Waals surface area contributed by atoms with Crippen molar-refractivity contribution in [1.29, 1.82) is 0 Å². The molecular formula is C32H44Cl2N4O4S. The van der Waals surface area contributed by atoms with E-state index in [2.05, 4.69) is 5.32 Å². The van der Waals surface area contributed by atoms with Crippen LogP contribution < -0.4 is 5.32 Å². The molecule has 4 atom stereocenters. The highest BCUT2D eigenvalue weighted by Crippen LogP contribution is 2.52. The Morgan fingerprint density at radius 1 is 1.07 bits per heavy atom. The predicted molar refractivity (Wildman–Crippen MR) is 173 cm³/mol. The first-order valence-corrected chi connectivity index (χ1v) is 17.2. The molecule has 43 heavy (non-hydrogen) atoms. The summed E-state index contributed by atoms with van der Waals surface area (Å²) in [4.78, 5) is 31.8. The van der Waals surface area contributed by atoms with Gasteiger partial charge in [-0.25, -0.2) is 12.7 Å². The first kappa shape index (κ1) is 33.7. The van der Waals surface area contributed by atoms with E-state index < -0.39 is 27.5 Å². The fourth-order valence-electron chi connectivity index (χ4n) is 6.22. The minimum atomic E-state index is -3.46. The number of likely N-dealkylation sites (tertiary alicyclic amines) is 1. The Hall–Kier alpha value is -2.17. The second-order valence-corrected chi connectivity index (χ2v) is 15.7. The Balaban J connectivity index is 1.80. The van der Waals surface area contributed by atoms with Gasteiger partial charge in [-0.2, -0.15) is 0 Å². The van der Waals surface area contributed by atoms with Crippen molar-refractivity contribution in [2.24, 2.45) is 5.41 Å². The summed E-state index contributed by atoms with van der Waals surface area (Å²) < 4.78 is 27.8. The van der Waals surface area contributed by atoms with E-state index in [1.54, 1.807) is 7.05 Å². The number of rotatable bonds is 13. The third-order valence-corrected chi connectivity index (χ3v) is 11.6. The van der Waals surface area contributed by atoms with Crippen molar-refractivity contribution in [2.75, 3.05) is 40.8 Å². The minimum Gasteiger partial charge on any atom is -0.355 e. The second kappa shape index (κ2) is 13.9. The van der Waals surface area contributed by atoms with Crippen molar-refractivity contribution >= 4 is 45.0 Å². The van der Waals surface area contributed by atoms with Crippen LogP contribution in [0.4, 0.5) is 0 Å². The molecule has 1 saturated carbocycles. The number of amides is 2. The maximum Gasteiger partial charge on any atom is 0.229 e. The monoisotopic (exact) mass is 650 g/mol. The summed E-state index contributed by atoms with van der Waals surface area (Å²) in [5.41, 5.74) is 0.823. The lowest BCUT2D eigenvalue weighted by molar-refractivity contribution is -0.157. The Morgan fingerprint density at radius 2 is 1.74 bits per heavy atom. The van der Waals surface area contributed by atoms with Gasteiger partial charge in [-0.1, -0.05) is 61.3 Å². The molecule has 1 unspecified atom stereocenters. The molecule has 1 aliphatic heterocycles. The van der Waals surface area contributed by atoms with Gasteiger partial charge in [0, 0.05) is 55.1 Å². The van der Waals surface area contributed by atoms with E-state index in [0.29, 0.717) is 48.8 Å². The van der Waals surface area contributed by atoms with Gasteiger partial charge in [0.1, 0.15) is 0 Å². The van der Waals surface area contributed by atoms with Crippen LogP contribution in [0.15, 0.2) is 48.5 Å². The molecule has 2 aromatic carbocycles. The Labute approximate surface area is 266 Å². The van der Waals surface area contributed by atoms with Gasteiger partial charge in [0.25, 0.3) is 0 Å². The first-order chi connectivity index (χ1) is 20.3. The lowest BCUT2D eigenvalue weighted by Crippen LogP contribution is -2.58. The quantitative estimate of drug-likeness (QED) is 0.317. The van der Waals surface area contributed by atoms with E-state index in [1.165, 1.54) is 4.31 Å². The molecule has 4 rings (SSSR count). The van der Waals surface area contributed by atoms with E-state index >= 15 is 0 Å². The van der Waals surface area contributed by atoms with Gasteiger partial charge >= 0.3 is 0 Å². The van der Waals surface area contributed by atoms with Crippen LogP contribution in [-0.4, -0.2) is 86.4 Å². The summed E-state index contributed by atoms with van der Waals surface area (Å²) in [6.45, 7) is 5.17. The number of halogens is 2. The van der Waals surface area contributed by atoms with Crippen molar-refractivity contribution < 1.29 is 18.0 Å². The zero-order valence-electron chi connectivity index (χ0n) is 25.7. The van der Waals surface area contributed by atoms with Gasteiger partial charge in [-0.15, -0.1) is 0 Å². The minimum absolute atomic E-state index is 0.0206. The molecule has 0 spiro atoms. The van der Waals surface area contributed by atoms with Gasteiger partial charge in [-0.05, 0) is 75.2 Å². The lowest BCUT2D eigenvalue weighted by Gasteiger charge is -2.52. The van der Waals surface area contributed by atoms with Crippen molar-refractivity contribution in [1.82, 2.24) is 19.4 Å². The summed E-state index contributed by atoms with van der Waals surface area (Å²) in [6, 6.07) is 14.3. The number of nitrogens with zero attached hydrogens (tertiary/aromatic N) is 3. The van der Waals surface area contributed by atoms with Crippen molar-refractivity contribution in [3.8, 4) is 0 Å². The zero-order valence-corrected chi connectivity index (χ0v) is 28.1. The topological polar surface area (TPSA) is 90.0 Å². The van der Waals surface area contributed by atoms with Crippen LogP contribution in [0.3, 0.4) is 0 Å². The van der Waals surface area contributed by atoms with Crippen LogP contribution in [0.5, 0.6) is 0 Å². The summed E-state index contributed by atoms with van der Waals surface area (Å²) >= 11 is 12.8. The van der Waals surface area contributed by atoms with E-state index in [4.69, 9.17) is 23.2 Å². The summed E-state index contributed by atoms with van der Waals surface area (Å²) in [5, 5.41) is 3.79. The maximum absolute atomic E-state index is 14.8. The largest absolute Gasteiger partial charge is 0.355 e. The highest BCUT2D eigenvalue weighted by molar-refractivity contribution is 7.90. The molecule has 1 N–H and O–H groups in total. The van der Waals surface area contributed by atoms with E-state index in [1.807, 2.05) is 86.3 Å². The average Bonchev–Trinajstić information content (AvgIpc) is 3.80. The average molecular weight is 652 g/mol. The Kier molecular flexibility index (Phi) is 10.9. The number of carbonyl (C=O) groups is 2. The van der Waals surface area contributed by atoms with Crippen LogP contribution in [0.2, 0.25) is 10.0 Å². The SMILES string of the molecule is CCC(CN(C)S(=O)(=O)C1CC1)N1C(=O)[C@@](C)(CC(=O)NCCN(C)C)C[C@H](c2cccc(Cl)c2)[C@H]1c1ccc(Cl)cc1. The zero-order chi connectivity index (χ0) is 31.5. The van der Waals surface area contributed by atoms with Gasteiger partial charge < -0.3 is 15.1 Å². The third-order valence-electron chi connectivity index (χ3n) is 8.73.